The van der Waals surface area contributed by atoms with Crippen LogP contribution in [0.25, 0.3) is 27.3 Å². The number of hydrogen-bond acceptors (Lipinski definition) is 4. The molecular formula is C18H12F3N3O2S. The van der Waals surface area contributed by atoms with Crippen LogP contribution in [0.4, 0.5) is 13.2 Å². The summed E-state index contributed by atoms with van der Waals surface area (Å²) >= 11 is 1.15. The van der Waals surface area contributed by atoms with Gasteiger partial charge in [-0.2, -0.15) is 22.8 Å². The Labute approximate surface area is 154 Å². The van der Waals surface area contributed by atoms with Crippen LogP contribution in [0.1, 0.15) is 5.69 Å². The second-order valence-corrected chi connectivity index (χ2v) is 6.66. The van der Waals surface area contributed by atoms with Crippen LogP contribution < -0.4 is 10.3 Å². The normalized spacial score (nSPS) is 11.9. The molecule has 0 spiro atoms. The van der Waals surface area contributed by atoms with E-state index in [1.807, 2.05) is 0 Å². The predicted octanol–water partition coefficient (Wildman–Crippen LogP) is 4.45. The summed E-state index contributed by atoms with van der Waals surface area (Å²) in [5.41, 5.74) is -0.843. The molecule has 1 aromatic carbocycles. The molecule has 0 aliphatic rings. The van der Waals surface area contributed by atoms with Gasteiger partial charge in [0.15, 0.2) is 5.69 Å². The van der Waals surface area contributed by atoms with Crippen LogP contribution in [0.5, 0.6) is 5.75 Å². The number of nitrogens with one attached hydrogen (secondary N) is 1. The SMILES string of the molecule is COc1ccc(-c2cc(=O)n3nc(C(F)(F)F)c(-c4cccs4)c3[nH]2)cc1. The van der Waals surface area contributed by atoms with E-state index in [0.29, 0.717) is 21.9 Å². The van der Waals surface area contributed by atoms with Crippen molar-refractivity contribution in [2.24, 2.45) is 0 Å². The van der Waals surface area contributed by atoms with Gasteiger partial charge in [0.05, 0.1) is 18.4 Å². The molecule has 0 unspecified atom stereocenters. The van der Waals surface area contributed by atoms with E-state index < -0.39 is 17.4 Å². The highest BCUT2D eigenvalue weighted by molar-refractivity contribution is 7.13. The van der Waals surface area contributed by atoms with Gasteiger partial charge in [-0.1, -0.05) is 6.07 Å². The third-order valence-electron chi connectivity index (χ3n) is 4.05. The van der Waals surface area contributed by atoms with Crippen LogP contribution in [-0.4, -0.2) is 21.7 Å². The fourth-order valence-electron chi connectivity index (χ4n) is 2.82. The molecule has 0 saturated heterocycles. The molecule has 0 bridgehead atoms. The Hall–Kier alpha value is -3.07. The molecule has 4 aromatic rings. The van der Waals surface area contributed by atoms with E-state index in [2.05, 4.69) is 10.1 Å². The number of ether oxygens (including phenoxy) is 1. The van der Waals surface area contributed by atoms with E-state index in [-0.39, 0.29) is 11.2 Å². The number of benzene rings is 1. The summed E-state index contributed by atoms with van der Waals surface area (Å²) in [6, 6.07) is 11.3. The minimum Gasteiger partial charge on any atom is -0.497 e. The molecule has 4 rings (SSSR count). The Balaban J connectivity index is 2.00. The van der Waals surface area contributed by atoms with Crippen molar-refractivity contribution in [1.82, 2.24) is 14.6 Å². The number of methoxy groups -OCH3 is 1. The number of aromatic amines is 1. The highest BCUT2D eigenvalue weighted by Gasteiger charge is 2.39. The summed E-state index contributed by atoms with van der Waals surface area (Å²) in [6.45, 7) is 0. The number of hydrogen-bond donors (Lipinski definition) is 1. The molecule has 138 valence electrons. The summed E-state index contributed by atoms with van der Waals surface area (Å²) in [4.78, 5) is 15.8. The molecule has 3 heterocycles. The maximum Gasteiger partial charge on any atom is 0.435 e. The van der Waals surface area contributed by atoms with Crippen LogP contribution in [0.15, 0.2) is 52.6 Å². The number of H-pyrrole nitrogens is 1. The number of aromatic nitrogens is 3. The largest absolute Gasteiger partial charge is 0.497 e. The summed E-state index contributed by atoms with van der Waals surface area (Å²) in [7, 11) is 1.53. The van der Waals surface area contributed by atoms with Gasteiger partial charge < -0.3 is 9.72 Å². The molecule has 3 aromatic heterocycles. The van der Waals surface area contributed by atoms with Gasteiger partial charge in [-0.15, -0.1) is 11.3 Å². The smallest absolute Gasteiger partial charge is 0.435 e. The van der Waals surface area contributed by atoms with Gasteiger partial charge in [0.2, 0.25) is 0 Å². The van der Waals surface area contributed by atoms with Crippen molar-refractivity contribution in [2.75, 3.05) is 7.11 Å². The minimum absolute atomic E-state index is 0.00286. The van der Waals surface area contributed by atoms with Gasteiger partial charge in [-0.25, -0.2) is 0 Å². The zero-order valence-corrected chi connectivity index (χ0v) is 14.7. The van der Waals surface area contributed by atoms with Crippen molar-refractivity contribution in [3.8, 4) is 27.4 Å². The third kappa shape index (κ3) is 2.99. The lowest BCUT2D eigenvalue weighted by Gasteiger charge is -2.06. The molecule has 1 N–H and O–H groups in total. The average molecular weight is 391 g/mol. The summed E-state index contributed by atoms with van der Waals surface area (Å²) < 4.78 is 46.4. The second-order valence-electron chi connectivity index (χ2n) is 5.71. The van der Waals surface area contributed by atoms with Crippen molar-refractivity contribution in [2.45, 2.75) is 6.18 Å². The first-order valence-electron chi connectivity index (χ1n) is 7.80. The fourth-order valence-corrected chi connectivity index (χ4v) is 3.59. The third-order valence-corrected chi connectivity index (χ3v) is 4.94. The molecule has 27 heavy (non-hydrogen) atoms. The summed E-state index contributed by atoms with van der Waals surface area (Å²) in [5.74, 6) is 0.630. The lowest BCUT2D eigenvalue weighted by atomic mass is 10.1. The quantitative estimate of drug-likeness (QED) is 0.562. The van der Waals surface area contributed by atoms with Crippen molar-refractivity contribution in [3.63, 3.8) is 0 Å². The maximum atomic E-state index is 13.5. The molecule has 0 radical (unpaired) electrons. The first kappa shape index (κ1) is 17.3. The lowest BCUT2D eigenvalue weighted by Crippen LogP contribution is -2.15. The maximum absolute atomic E-state index is 13.5. The Morgan fingerprint density at radius 1 is 1.19 bits per heavy atom. The highest BCUT2D eigenvalue weighted by Crippen LogP contribution is 2.40. The predicted molar refractivity (Wildman–Crippen MR) is 96.1 cm³/mol. The number of nitrogens with zero attached hydrogens (tertiary/aromatic N) is 2. The van der Waals surface area contributed by atoms with Crippen LogP contribution in [0, 0.1) is 0 Å². The van der Waals surface area contributed by atoms with E-state index >= 15 is 0 Å². The first-order valence-corrected chi connectivity index (χ1v) is 8.68. The topological polar surface area (TPSA) is 59.4 Å². The zero-order chi connectivity index (χ0) is 19.2. The molecule has 5 nitrogen and oxygen atoms in total. The fraction of sp³-hybridized carbons (Fsp3) is 0.111. The van der Waals surface area contributed by atoms with Crippen molar-refractivity contribution >= 4 is 17.0 Å². The molecule has 0 atom stereocenters. The first-order chi connectivity index (χ1) is 12.9. The standard InChI is InChI=1S/C18H12F3N3O2S/c1-26-11-6-4-10(5-7-11)12-9-14(25)24-17(22-12)15(13-3-2-8-27-13)16(23-24)18(19,20)21/h2-9,22H,1H3. The van der Waals surface area contributed by atoms with E-state index in [0.717, 1.165) is 15.9 Å². The molecule has 0 saturated carbocycles. The van der Waals surface area contributed by atoms with Gasteiger partial charge in [-0.3, -0.25) is 4.79 Å². The molecular weight excluding hydrogens is 379 g/mol. The Bertz CT molecular complexity index is 1160. The summed E-state index contributed by atoms with van der Waals surface area (Å²) in [6.07, 6.45) is -4.69. The van der Waals surface area contributed by atoms with Gasteiger partial charge in [0.1, 0.15) is 11.4 Å². The Kier molecular flexibility index (Phi) is 4.03. The van der Waals surface area contributed by atoms with Crippen LogP contribution >= 0.6 is 11.3 Å². The number of fused-ring (bicyclic) bond motifs is 1. The van der Waals surface area contributed by atoms with E-state index in [4.69, 9.17) is 4.74 Å². The molecule has 9 heteroatoms. The highest BCUT2D eigenvalue weighted by atomic mass is 32.1. The van der Waals surface area contributed by atoms with Gasteiger partial charge >= 0.3 is 6.18 Å². The van der Waals surface area contributed by atoms with E-state index in [1.165, 1.54) is 13.2 Å². The van der Waals surface area contributed by atoms with E-state index in [9.17, 15) is 18.0 Å². The van der Waals surface area contributed by atoms with Crippen molar-refractivity contribution < 1.29 is 17.9 Å². The monoisotopic (exact) mass is 391 g/mol. The molecule has 0 fully saturated rings. The number of rotatable bonds is 3. The van der Waals surface area contributed by atoms with Crippen LogP contribution in [0.2, 0.25) is 0 Å². The van der Waals surface area contributed by atoms with Crippen molar-refractivity contribution in [1.29, 1.82) is 0 Å². The van der Waals surface area contributed by atoms with Crippen molar-refractivity contribution in [3.05, 3.63) is 63.9 Å². The second kappa shape index (κ2) is 6.27. The zero-order valence-electron chi connectivity index (χ0n) is 13.9. The number of halogens is 3. The van der Waals surface area contributed by atoms with Crippen LogP contribution in [0.3, 0.4) is 0 Å². The molecule has 0 aliphatic heterocycles. The molecule has 0 aliphatic carbocycles. The number of alkyl halides is 3. The lowest BCUT2D eigenvalue weighted by molar-refractivity contribution is -0.140. The van der Waals surface area contributed by atoms with Crippen LogP contribution in [-0.2, 0) is 6.18 Å². The number of thiophene rings is 1. The minimum atomic E-state index is -4.69. The van der Waals surface area contributed by atoms with Gasteiger partial charge in [0, 0.05) is 10.9 Å². The average Bonchev–Trinajstić information content (AvgIpc) is 3.28. The summed E-state index contributed by atoms with van der Waals surface area (Å²) in [5, 5.41) is 5.21. The Morgan fingerprint density at radius 2 is 1.93 bits per heavy atom. The molecule has 0 amide bonds. The van der Waals surface area contributed by atoms with Gasteiger partial charge in [-0.05, 0) is 41.3 Å². The van der Waals surface area contributed by atoms with Gasteiger partial charge in [0.25, 0.3) is 5.56 Å². The van der Waals surface area contributed by atoms with E-state index in [1.54, 1.807) is 41.8 Å². The Morgan fingerprint density at radius 3 is 2.52 bits per heavy atom.